The molecule has 0 saturated heterocycles. The minimum absolute atomic E-state index is 0.152. The average Bonchev–Trinajstić information content (AvgIpc) is 2.56. The van der Waals surface area contributed by atoms with E-state index in [4.69, 9.17) is 37.4 Å². The van der Waals surface area contributed by atoms with Gasteiger partial charge in [0, 0.05) is 6.07 Å². The van der Waals surface area contributed by atoms with E-state index in [1.807, 2.05) is 0 Å². The van der Waals surface area contributed by atoms with E-state index in [9.17, 15) is 4.79 Å². The summed E-state index contributed by atoms with van der Waals surface area (Å²) in [6.45, 7) is 0. The molecule has 7 heteroatoms. The average molecular weight is 356 g/mol. The number of anilines is 1. The van der Waals surface area contributed by atoms with Crippen molar-refractivity contribution in [3.05, 3.63) is 45.9 Å². The van der Waals surface area contributed by atoms with E-state index >= 15 is 0 Å². The molecule has 5 nitrogen and oxygen atoms in total. The molecule has 0 heterocycles. The summed E-state index contributed by atoms with van der Waals surface area (Å²) in [7, 11) is 4.46. The molecule has 122 valence electrons. The first-order valence-electron chi connectivity index (χ1n) is 6.57. The molecule has 0 bridgehead atoms. The molecule has 23 heavy (non-hydrogen) atoms. The second-order valence-electron chi connectivity index (χ2n) is 4.46. The van der Waals surface area contributed by atoms with Crippen molar-refractivity contribution in [1.29, 1.82) is 0 Å². The molecule has 2 aromatic rings. The van der Waals surface area contributed by atoms with E-state index in [1.165, 1.54) is 20.3 Å². The van der Waals surface area contributed by atoms with Gasteiger partial charge in [-0.2, -0.15) is 0 Å². The first-order chi connectivity index (χ1) is 11.0. The van der Waals surface area contributed by atoms with Crippen molar-refractivity contribution in [3.63, 3.8) is 0 Å². The van der Waals surface area contributed by atoms with Crippen molar-refractivity contribution in [2.45, 2.75) is 0 Å². The van der Waals surface area contributed by atoms with Crippen LogP contribution in [0.4, 0.5) is 5.69 Å². The summed E-state index contributed by atoms with van der Waals surface area (Å²) in [5.41, 5.74) is 0.621. The predicted molar refractivity (Wildman–Crippen MR) is 90.5 cm³/mol. The zero-order valence-corrected chi connectivity index (χ0v) is 14.3. The first-order valence-corrected chi connectivity index (χ1v) is 7.32. The Balaban J connectivity index is 2.39. The molecule has 0 fully saturated rings. The molecular weight excluding hydrogens is 341 g/mol. The molecule has 2 rings (SSSR count). The summed E-state index contributed by atoms with van der Waals surface area (Å²) < 4.78 is 15.6. The smallest absolute Gasteiger partial charge is 0.261 e. The van der Waals surface area contributed by atoms with Crippen LogP contribution < -0.4 is 19.5 Å². The Bertz CT molecular complexity index is 734. The van der Waals surface area contributed by atoms with Crippen molar-refractivity contribution < 1.29 is 19.0 Å². The van der Waals surface area contributed by atoms with Gasteiger partial charge in [-0.15, -0.1) is 0 Å². The van der Waals surface area contributed by atoms with Crippen LogP contribution in [-0.2, 0) is 0 Å². The Morgan fingerprint density at radius 3 is 2.26 bits per heavy atom. The molecule has 0 atom stereocenters. The van der Waals surface area contributed by atoms with Gasteiger partial charge in [-0.1, -0.05) is 23.2 Å². The molecule has 2 aromatic carbocycles. The molecule has 0 unspecified atom stereocenters. The van der Waals surface area contributed by atoms with E-state index in [-0.39, 0.29) is 16.3 Å². The van der Waals surface area contributed by atoms with Gasteiger partial charge in [-0.3, -0.25) is 4.79 Å². The maximum Gasteiger partial charge on any atom is 0.261 e. The van der Waals surface area contributed by atoms with Gasteiger partial charge in [0.25, 0.3) is 5.91 Å². The number of amides is 1. The minimum atomic E-state index is -0.460. The minimum Gasteiger partial charge on any atom is -0.497 e. The Morgan fingerprint density at radius 1 is 0.957 bits per heavy atom. The number of carbonyl (C=O) groups is 1. The second-order valence-corrected chi connectivity index (χ2v) is 5.27. The van der Waals surface area contributed by atoms with E-state index in [2.05, 4.69) is 5.32 Å². The summed E-state index contributed by atoms with van der Waals surface area (Å²) in [6.07, 6.45) is 0. The Hall–Kier alpha value is -2.11. The highest BCUT2D eigenvalue weighted by molar-refractivity contribution is 6.37. The fourth-order valence-corrected chi connectivity index (χ4v) is 2.50. The number of rotatable bonds is 5. The van der Waals surface area contributed by atoms with Crippen molar-refractivity contribution in [3.8, 4) is 17.2 Å². The Kier molecular flexibility index (Phi) is 5.58. The molecular formula is C16H15Cl2NO4. The number of nitrogens with one attached hydrogen (secondary N) is 1. The third kappa shape index (κ3) is 3.63. The lowest BCUT2D eigenvalue weighted by Gasteiger charge is -2.14. The van der Waals surface area contributed by atoms with E-state index < -0.39 is 5.91 Å². The fraction of sp³-hybridized carbons (Fsp3) is 0.188. The van der Waals surface area contributed by atoms with Crippen LogP contribution in [0.5, 0.6) is 17.2 Å². The SMILES string of the molecule is COc1ccc(NC(=O)c2c(Cl)ccc(Cl)c2OC)c(OC)c1. The number of benzene rings is 2. The third-order valence-corrected chi connectivity index (χ3v) is 3.76. The van der Waals surface area contributed by atoms with Gasteiger partial charge in [0.2, 0.25) is 0 Å². The molecule has 0 saturated carbocycles. The summed E-state index contributed by atoms with van der Waals surface area (Å²) in [5.74, 6) is 0.815. The Morgan fingerprint density at radius 2 is 1.65 bits per heavy atom. The highest BCUT2D eigenvalue weighted by Crippen LogP contribution is 2.35. The van der Waals surface area contributed by atoms with E-state index in [0.717, 1.165) is 0 Å². The first kappa shape index (κ1) is 17.2. The van der Waals surface area contributed by atoms with Crippen LogP contribution in [-0.4, -0.2) is 27.2 Å². The number of carbonyl (C=O) groups excluding carboxylic acids is 1. The largest absolute Gasteiger partial charge is 0.497 e. The lowest BCUT2D eigenvalue weighted by atomic mass is 10.1. The Labute approximate surface area is 144 Å². The molecule has 0 aliphatic rings. The van der Waals surface area contributed by atoms with Gasteiger partial charge in [0.15, 0.2) is 5.75 Å². The van der Waals surface area contributed by atoms with Crippen LogP contribution in [0.2, 0.25) is 10.0 Å². The van der Waals surface area contributed by atoms with Crippen LogP contribution in [0.25, 0.3) is 0 Å². The van der Waals surface area contributed by atoms with Crippen LogP contribution >= 0.6 is 23.2 Å². The normalized spacial score (nSPS) is 10.1. The van der Waals surface area contributed by atoms with Crippen molar-refractivity contribution in [2.24, 2.45) is 0 Å². The van der Waals surface area contributed by atoms with Gasteiger partial charge < -0.3 is 19.5 Å². The highest BCUT2D eigenvalue weighted by atomic mass is 35.5. The quantitative estimate of drug-likeness (QED) is 0.869. The zero-order chi connectivity index (χ0) is 17.0. The monoisotopic (exact) mass is 355 g/mol. The summed E-state index contributed by atoms with van der Waals surface area (Å²) in [6, 6.07) is 8.13. The molecule has 1 amide bonds. The molecule has 0 spiro atoms. The number of methoxy groups -OCH3 is 3. The summed E-state index contributed by atoms with van der Waals surface area (Å²) in [5, 5.41) is 3.26. The second kappa shape index (κ2) is 7.44. The van der Waals surface area contributed by atoms with E-state index in [1.54, 1.807) is 31.4 Å². The van der Waals surface area contributed by atoms with Crippen molar-refractivity contribution in [2.75, 3.05) is 26.6 Å². The number of halogens is 2. The number of ether oxygens (including phenoxy) is 3. The standard InChI is InChI=1S/C16H15Cl2NO4/c1-21-9-4-7-12(13(8-9)22-2)19-16(20)14-10(17)5-6-11(18)15(14)23-3/h4-8H,1-3H3,(H,19,20). The van der Waals surface area contributed by atoms with Gasteiger partial charge >= 0.3 is 0 Å². The fourth-order valence-electron chi connectivity index (χ4n) is 2.03. The van der Waals surface area contributed by atoms with E-state index in [0.29, 0.717) is 22.2 Å². The van der Waals surface area contributed by atoms with Gasteiger partial charge in [0.1, 0.15) is 17.1 Å². The lowest BCUT2D eigenvalue weighted by Crippen LogP contribution is -2.14. The van der Waals surface area contributed by atoms with Crippen LogP contribution in [0.15, 0.2) is 30.3 Å². The van der Waals surface area contributed by atoms with Gasteiger partial charge in [0.05, 0.1) is 37.1 Å². The predicted octanol–water partition coefficient (Wildman–Crippen LogP) is 4.27. The van der Waals surface area contributed by atoms with Crippen LogP contribution in [0, 0.1) is 0 Å². The summed E-state index contributed by atoms with van der Waals surface area (Å²) >= 11 is 12.2. The molecule has 0 aliphatic carbocycles. The van der Waals surface area contributed by atoms with Crippen molar-refractivity contribution >= 4 is 34.8 Å². The van der Waals surface area contributed by atoms with Crippen molar-refractivity contribution in [1.82, 2.24) is 0 Å². The molecule has 0 aliphatic heterocycles. The molecule has 1 N–H and O–H groups in total. The third-order valence-electron chi connectivity index (χ3n) is 3.15. The topological polar surface area (TPSA) is 56.8 Å². The molecule has 0 radical (unpaired) electrons. The number of hydrogen-bond acceptors (Lipinski definition) is 4. The van der Waals surface area contributed by atoms with Gasteiger partial charge in [-0.05, 0) is 24.3 Å². The van der Waals surface area contributed by atoms with Gasteiger partial charge in [-0.25, -0.2) is 0 Å². The lowest BCUT2D eigenvalue weighted by molar-refractivity contribution is 0.102. The maximum atomic E-state index is 12.6. The zero-order valence-electron chi connectivity index (χ0n) is 12.8. The highest BCUT2D eigenvalue weighted by Gasteiger charge is 2.20. The van der Waals surface area contributed by atoms with Crippen LogP contribution in [0.1, 0.15) is 10.4 Å². The summed E-state index contributed by atoms with van der Waals surface area (Å²) in [4.78, 5) is 12.6. The molecule has 0 aromatic heterocycles. The maximum absolute atomic E-state index is 12.6. The van der Waals surface area contributed by atoms with Crippen LogP contribution in [0.3, 0.4) is 0 Å². The number of hydrogen-bond donors (Lipinski definition) is 1.